The van der Waals surface area contributed by atoms with Gasteiger partial charge < -0.3 is 5.11 Å². The van der Waals surface area contributed by atoms with E-state index in [4.69, 9.17) is 0 Å². The van der Waals surface area contributed by atoms with Crippen LogP contribution in [0.2, 0.25) is 0 Å². The Balaban J connectivity index is 2.02. The van der Waals surface area contributed by atoms with Gasteiger partial charge in [0.25, 0.3) is 0 Å². The van der Waals surface area contributed by atoms with Crippen LogP contribution in [-0.4, -0.2) is 16.1 Å². The zero-order valence-electron chi connectivity index (χ0n) is 15.9. The fourth-order valence-corrected chi connectivity index (χ4v) is 3.52. The normalized spacial score (nSPS) is 12.9. The molecule has 2 atom stereocenters. The number of nitrogens with zero attached hydrogens (tertiary/aromatic N) is 2. The molecule has 5 nitrogen and oxygen atoms in total. The van der Waals surface area contributed by atoms with E-state index in [1.165, 1.54) is 0 Å². The van der Waals surface area contributed by atoms with Crippen molar-refractivity contribution in [3.05, 3.63) is 105 Å². The monoisotopic (exact) mass is 374 g/mol. The first-order valence-electron chi connectivity index (χ1n) is 9.13. The average Bonchev–Trinajstić information content (AvgIpc) is 2.70. The predicted molar refractivity (Wildman–Crippen MR) is 109 cm³/mol. The van der Waals surface area contributed by atoms with Crippen LogP contribution in [-0.2, 0) is 0 Å². The molecule has 1 N–H and O–H groups in total. The lowest BCUT2D eigenvalue weighted by Crippen LogP contribution is -2.09. The molecule has 0 aliphatic heterocycles. The number of aryl methyl sites for hydroxylation is 2. The molecular weight excluding hydrogens is 352 g/mol. The van der Waals surface area contributed by atoms with Gasteiger partial charge in [-0.05, 0) is 66.8 Å². The van der Waals surface area contributed by atoms with Crippen molar-refractivity contribution in [3.63, 3.8) is 0 Å². The van der Waals surface area contributed by atoms with Crippen molar-refractivity contribution in [1.82, 2.24) is 4.98 Å². The molecule has 0 saturated heterocycles. The number of pyridine rings is 1. The maximum atomic E-state index is 11.7. The van der Waals surface area contributed by atoms with Crippen molar-refractivity contribution in [2.45, 2.75) is 32.2 Å². The van der Waals surface area contributed by atoms with Crippen molar-refractivity contribution in [1.29, 1.82) is 0 Å². The highest BCUT2D eigenvalue weighted by Gasteiger charge is 2.23. The number of aromatic carboxylic acids is 1. The molecule has 0 fully saturated rings. The minimum absolute atomic E-state index is 0.0831. The molecule has 0 bridgehead atoms. The zero-order valence-corrected chi connectivity index (χ0v) is 15.9. The SMILES string of the molecule is Cc1cc(C(C[C@H](c2ccc(C(=O)O)cc2)c2ccccc2C)N=O)ccn1. The van der Waals surface area contributed by atoms with Crippen LogP contribution in [0.1, 0.15) is 56.7 Å². The summed E-state index contributed by atoms with van der Waals surface area (Å²) in [6, 6.07) is 18.1. The lowest BCUT2D eigenvalue weighted by atomic mass is 9.82. The maximum Gasteiger partial charge on any atom is 0.335 e. The topological polar surface area (TPSA) is 79.6 Å². The maximum absolute atomic E-state index is 11.7. The molecule has 5 heteroatoms. The second-order valence-corrected chi connectivity index (χ2v) is 6.92. The molecule has 2 aromatic carbocycles. The highest BCUT2D eigenvalue weighted by molar-refractivity contribution is 5.87. The van der Waals surface area contributed by atoms with Crippen molar-refractivity contribution in [2.75, 3.05) is 0 Å². The van der Waals surface area contributed by atoms with Gasteiger partial charge in [-0.1, -0.05) is 41.6 Å². The van der Waals surface area contributed by atoms with E-state index in [0.29, 0.717) is 6.42 Å². The Morgan fingerprint density at radius 1 is 1.04 bits per heavy atom. The van der Waals surface area contributed by atoms with Crippen LogP contribution in [0, 0.1) is 18.8 Å². The van der Waals surface area contributed by atoms with E-state index in [1.807, 2.05) is 62.4 Å². The van der Waals surface area contributed by atoms with Gasteiger partial charge in [0.1, 0.15) is 6.04 Å². The molecule has 1 aromatic heterocycles. The summed E-state index contributed by atoms with van der Waals surface area (Å²) in [6.45, 7) is 3.92. The summed E-state index contributed by atoms with van der Waals surface area (Å²) in [5, 5.41) is 12.6. The Morgan fingerprint density at radius 3 is 2.36 bits per heavy atom. The summed E-state index contributed by atoms with van der Waals surface area (Å²) in [4.78, 5) is 27.1. The molecule has 28 heavy (non-hydrogen) atoms. The third-order valence-corrected chi connectivity index (χ3v) is 5.02. The van der Waals surface area contributed by atoms with E-state index in [-0.39, 0.29) is 11.5 Å². The lowest BCUT2D eigenvalue weighted by Gasteiger charge is -2.23. The van der Waals surface area contributed by atoms with Gasteiger partial charge in [-0.15, -0.1) is 0 Å². The number of carboxylic acids is 1. The van der Waals surface area contributed by atoms with E-state index < -0.39 is 12.0 Å². The molecule has 0 spiro atoms. The third kappa shape index (κ3) is 4.31. The summed E-state index contributed by atoms with van der Waals surface area (Å²) >= 11 is 0. The number of hydrogen-bond acceptors (Lipinski definition) is 4. The fourth-order valence-electron chi connectivity index (χ4n) is 3.52. The van der Waals surface area contributed by atoms with E-state index in [0.717, 1.165) is 27.9 Å². The first-order valence-corrected chi connectivity index (χ1v) is 9.13. The number of benzene rings is 2. The number of hydrogen-bond donors (Lipinski definition) is 1. The van der Waals surface area contributed by atoms with Crippen molar-refractivity contribution in [2.24, 2.45) is 5.18 Å². The lowest BCUT2D eigenvalue weighted by molar-refractivity contribution is 0.0697. The van der Waals surface area contributed by atoms with Gasteiger partial charge in [-0.3, -0.25) is 4.98 Å². The highest BCUT2D eigenvalue weighted by atomic mass is 16.4. The Kier molecular flexibility index (Phi) is 5.94. The van der Waals surface area contributed by atoms with E-state index in [1.54, 1.807) is 18.3 Å². The van der Waals surface area contributed by atoms with Crippen LogP contribution in [0.25, 0.3) is 0 Å². The fraction of sp³-hybridized carbons (Fsp3) is 0.217. The first-order chi connectivity index (χ1) is 13.5. The quantitative estimate of drug-likeness (QED) is 0.560. The molecule has 0 amide bonds. The van der Waals surface area contributed by atoms with Gasteiger partial charge in [0.05, 0.1) is 5.56 Å². The Morgan fingerprint density at radius 2 is 1.75 bits per heavy atom. The van der Waals surface area contributed by atoms with Crippen LogP contribution in [0.5, 0.6) is 0 Å². The second kappa shape index (κ2) is 8.57. The number of carboxylic acid groups (broad SMARTS) is 1. The Labute approximate surface area is 164 Å². The standard InChI is InChI=1S/C23H22N2O3/c1-15-5-3-4-6-20(15)21(17-7-9-18(10-8-17)23(26)27)14-22(25-28)19-11-12-24-16(2)13-19/h3-13,21-22H,14H2,1-2H3,(H,26,27)/t21-,22?/m1/s1. The van der Waals surface area contributed by atoms with Gasteiger partial charge in [0, 0.05) is 17.8 Å². The van der Waals surface area contributed by atoms with Crippen LogP contribution >= 0.6 is 0 Å². The Hall–Kier alpha value is -3.34. The third-order valence-electron chi connectivity index (χ3n) is 5.02. The van der Waals surface area contributed by atoms with Crippen molar-refractivity contribution >= 4 is 5.97 Å². The molecule has 3 aromatic rings. The molecule has 0 aliphatic carbocycles. The van der Waals surface area contributed by atoms with Crippen molar-refractivity contribution in [3.8, 4) is 0 Å². The van der Waals surface area contributed by atoms with Crippen molar-refractivity contribution < 1.29 is 9.90 Å². The van der Waals surface area contributed by atoms with E-state index >= 15 is 0 Å². The molecule has 0 aliphatic rings. The summed E-state index contributed by atoms with van der Waals surface area (Å²) in [7, 11) is 0. The number of rotatable bonds is 7. The summed E-state index contributed by atoms with van der Waals surface area (Å²) in [5.41, 5.74) is 5.09. The van der Waals surface area contributed by atoms with Crippen LogP contribution in [0.3, 0.4) is 0 Å². The average molecular weight is 374 g/mol. The summed E-state index contributed by atoms with van der Waals surface area (Å²) in [6.07, 6.45) is 2.18. The number of carbonyl (C=O) groups is 1. The molecule has 142 valence electrons. The summed E-state index contributed by atoms with van der Waals surface area (Å²) < 4.78 is 0. The molecule has 1 unspecified atom stereocenters. The van der Waals surface area contributed by atoms with Gasteiger partial charge in [-0.25, -0.2) is 4.79 Å². The van der Waals surface area contributed by atoms with Crippen LogP contribution in [0.15, 0.2) is 72.0 Å². The number of aromatic nitrogens is 1. The van der Waals surface area contributed by atoms with Crippen LogP contribution in [0.4, 0.5) is 0 Å². The van der Waals surface area contributed by atoms with Gasteiger partial charge in [-0.2, -0.15) is 4.91 Å². The zero-order chi connectivity index (χ0) is 20.1. The van der Waals surface area contributed by atoms with Gasteiger partial charge in [0.15, 0.2) is 0 Å². The predicted octanol–water partition coefficient (Wildman–Crippen LogP) is 5.43. The molecule has 1 heterocycles. The molecule has 3 rings (SSSR count). The molecule has 0 saturated carbocycles. The minimum atomic E-state index is -0.960. The first kappa shape index (κ1) is 19.4. The Bertz CT molecular complexity index is 983. The van der Waals surface area contributed by atoms with E-state index in [2.05, 4.69) is 10.2 Å². The second-order valence-electron chi connectivity index (χ2n) is 6.92. The van der Waals surface area contributed by atoms with Crippen LogP contribution < -0.4 is 0 Å². The summed E-state index contributed by atoms with van der Waals surface area (Å²) in [5.74, 6) is -1.04. The smallest absolute Gasteiger partial charge is 0.335 e. The number of nitroso groups, excluding NO2 is 1. The largest absolute Gasteiger partial charge is 0.478 e. The minimum Gasteiger partial charge on any atom is -0.478 e. The van der Waals surface area contributed by atoms with Gasteiger partial charge in [0.2, 0.25) is 0 Å². The molecule has 0 radical (unpaired) electrons. The van der Waals surface area contributed by atoms with E-state index in [9.17, 15) is 14.8 Å². The highest BCUT2D eigenvalue weighted by Crippen LogP contribution is 2.37. The van der Waals surface area contributed by atoms with Gasteiger partial charge >= 0.3 is 5.97 Å². The molecular formula is C23H22N2O3.